The van der Waals surface area contributed by atoms with Gasteiger partial charge < -0.3 is 24.7 Å². The van der Waals surface area contributed by atoms with E-state index in [2.05, 4.69) is 15.0 Å². The normalized spacial score (nSPS) is 15.4. The van der Waals surface area contributed by atoms with Gasteiger partial charge in [-0.1, -0.05) is 6.42 Å². The zero-order valence-electron chi connectivity index (χ0n) is 14.8. The number of nitrogens with one attached hydrogen (secondary N) is 1. The van der Waals surface area contributed by atoms with E-state index < -0.39 is 11.9 Å². The van der Waals surface area contributed by atoms with Gasteiger partial charge in [-0.2, -0.15) is 0 Å². The molecule has 1 aliphatic rings. The zero-order chi connectivity index (χ0) is 19.4. The molecule has 0 bridgehead atoms. The fourth-order valence-corrected chi connectivity index (χ4v) is 2.65. The first-order valence-electron chi connectivity index (χ1n) is 8.47. The molecular formula is C17H26N2O7. The minimum Gasteiger partial charge on any atom is -0.473 e. The molecule has 0 radical (unpaired) electrons. The minimum atomic E-state index is -1.82. The van der Waals surface area contributed by atoms with Crippen molar-refractivity contribution in [1.29, 1.82) is 0 Å². The Morgan fingerprint density at radius 1 is 1.23 bits per heavy atom. The Labute approximate surface area is 151 Å². The summed E-state index contributed by atoms with van der Waals surface area (Å²) in [4.78, 5) is 31.8. The molecule has 0 saturated carbocycles. The van der Waals surface area contributed by atoms with Crippen molar-refractivity contribution in [2.75, 3.05) is 33.3 Å². The van der Waals surface area contributed by atoms with Crippen LogP contribution in [0, 0.1) is 0 Å². The van der Waals surface area contributed by atoms with E-state index in [1.165, 1.54) is 26.4 Å². The third-order valence-corrected chi connectivity index (χ3v) is 3.96. The SMILES string of the molecule is COC(=O)CCNCC(c1ccco1)N1CCCCC1.O=C(O)C(=O)O. The molecule has 0 amide bonds. The summed E-state index contributed by atoms with van der Waals surface area (Å²) in [5.41, 5.74) is 0. The maximum absolute atomic E-state index is 11.1. The van der Waals surface area contributed by atoms with Gasteiger partial charge in [0.2, 0.25) is 0 Å². The van der Waals surface area contributed by atoms with Crippen molar-refractivity contribution in [2.24, 2.45) is 0 Å². The molecule has 9 heteroatoms. The molecule has 1 saturated heterocycles. The Hall–Kier alpha value is -2.39. The molecule has 146 valence electrons. The van der Waals surface area contributed by atoms with Crippen molar-refractivity contribution in [3.05, 3.63) is 24.2 Å². The number of hydrogen-bond donors (Lipinski definition) is 3. The number of nitrogens with zero attached hydrogens (tertiary/aromatic N) is 1. The lowest BCUT2D eigenvalue weighted by Gasteiger charge is -2.33. The minimum absolute atomic E-state index is 0.176. The quantitative estimate of drug-likeness (QED) is 0.367. The zero-order valence-corrected chi connectivity index (χ0v) is 14.8. The number of methoxy groups -OCH3 is 1. The number of hydrogen-bond acceptors (Lipinski definition) is 7. The van der Waals surface area contributed by atoms with Crippen LogP contribution >= 0.6 is 0 Å². The van der Waals surface area contributed by atoms with Crippen molar-refractivity contribution >= 4 is 17.9 Å². The first kappa shape index (κ1) is 21.7. The van der Waals surface area contributed by atoms with Gasteiger partial charge in [0.1, 0.15) is 5.76 Å². The highest BCUT2D eigenvalue weighted by Crippen LogP contribution is 2.24. The summed E-state index contributed by atoms with van der Waals surface area (Å²) in [6.07, 6.45) is 5.94. The first-order chi connectivity index (χ1) is 12.5. The van der Waals surface area contributed by atoms with E-state index >= 15 is 0 Å². The Morgan fingerprint density at radius 2 is 1.88 bits per heavy atom. The van der Waals surface area contributed by atoms with Crippen LogP contribution in [0.3, 0.4) is 0 Å². The third-order valence-electron chi connectivity index (χ3n) is 3.96. The van der Waals surface area contributed by atoms with Gasteiger partial charge in [-0.3, -0.25) is 9.69 Å². The lowest BCUT2D eigenvalue weighted by atomic mass is 10.1. The van der Waals surface area contributed by atoms with Crippen LogP contribution in [0.2, 0.25) is 0 Å². The molecular weight excluding hydrogens is 344 g/mol. The number of likely N-dealkylation sites (tertiary alicyclic amines) is 1. The van der Waals surface area contributed by atoms with Gasteiger partial charge in [-0.05, 0) is 38.1 Å². The summed E-state index contributed by atoms with van der Waals surface area (Å²) >= 11 is 0. The number of rotatable bonds is 7. The molecule has 0 aliphatic carbocycles. The molecule has 3 N–H and O–H groups in total. The molecule has 1 aromatic rings. The highest BCUT2D eigenvalue weighted by atomic mass is 16.5. The Kier molecular flexibility index (Phi) is 10.0. The van der Waals surface area contributed by atoms with Crippen LogP contribution < -0.4 is 5.32 Å². The fourth-order valence-electron chi connectivity index (χ4n) is 2.65. The average Bonchev–Trinajstić information content (AvgIpc) is 3.17. The van der Waals surface area contributed by atoms with Crippen LogP contribution in [0.4, 0.5) is 0 Å². The number of piperidine rings is 1. The van der Waals surface area contributed by atoms with E-state index in [1.807, 2.05) is 12.1 Å². The second-order valence-electron chi connectivity index (χ2n) is 5.77. The van der Waals surface area contributed by atoms with E-state index in [4.69, 9.17) is 24.2 Å². The van der Waals surface area contributed by atoms with Gasteiger partial charge in [0.25, 0.3) is 0 Å². The summed E-state index contributed by atoms with van der Waals surface area (Å²) in [7, 11) is 1.42. The van der Waals surface area contributed by atoms with Gasteiger partial charge in [-0.15, -0.1) is 0 Å². The lowest BCUT2D eigenvalue weighted by Crippen LogP contribution is -2.39. The summed E-state index contributed by atoms with van der Waals surface area (Å²) in [6, 6.07) is 4.21. The van der Waals surface area contributed by atoms with Crippen molar-refractivity contribution in [3.8, 4) is 0 Å². The number of carbonyl (C=O) groups is 3. The topological polar surface area (TPSA) is 129 Å². The molecule has 1 unspecified atom stereocenters. The van der Waals surface area contributed by atoms with Gasteiger partial charge in [0.05, 0.1) is 25.8 Å². The molecule has 26 heavy (non-hydrogen) atoms. The predicted molar refractivity (Wildman–Crippen MR) is 91.6 cm³/mol. The average molecular weight is 370 g/mol. The summed E-state index contributed by atoms with van der Waals surface area (Å²) < 4.78 is 10.2. The van der Waals surface area contributed by atoms with Gasteiger partial charge in [-0.25, -0.2) is 9.59 Å². The number of carboxylic acid groups (broad SMARTS) is 2. The Balaban J connectivity index is 0.000000487. The number of furan rings is 1. The van der Waals surface area contributed by atoms with Gasteiger partial charge in [0.15, 0.2) is 0 Å². The van der Waals surface area contributed by atoms with Crippen LogP contribution in [0.25, 0.3) is 0 Å². The number of carboxylic acids is 2. The second kappa shape index (κ2) is 12.0. The largest absolute Gasteiger partial charge is 0.473 e. The summed E-state index contributed by atoms with van der Waals surface area (Å²) in [6.45, 7) is 3.66. The maximum Gasteiger partial charge on any atom is 0.414 e. The van der Waals surface area contributed by atoms with Gasteiger partial charge >= 0.3 is 17.9 Å². The number of aliphatic carboxylic acids is 2. The van der Waals surface area contributed by atoms with Crippen molar-refractivity contribution in [2.45, 2.75) is 31.7 Å². The van der Waals surface area contributed by atoms with Crippen LogP contribution in [-0.2, 0) is 19.1 Å². The molecule has 1 aliphatic heterocycles. The number of esters is 1. The lowest BCUT2D eigenvalue weighted by molar-refractivity contribution is -0.159. The fraction of sp³-hybridized carbons (Fsp3) is 0.588. The monoisotopic (exact) mass is 370 g/mol. The highest BCUT2D eigenvalue weighted by Gasteiger charge is 2.23. The molecule has 9 nitrogen and oxygen atoms in total. The van der Waals surface area contributed by atoms with E-state index in [9.17, 15) is 4.79 Å². The number of carbonyl (C=O) groups excluding carboxylic acids is 1. The molecule has 1 aromatic heterocycles. The van der Waals surface area contributed by atoms with E-state index in [0.717, 1.165) is 25.4 Å². The van der Waals surface area contributed by atoms with Crippen molar-refractivity contribution < 1.29 is 33.8 Å². The second-order valence-corrected chi connectivity index (χ2v) is 5.77. The summed E-state index contributed by atoms with van der Waals surface area (Å²) in [5, 5.41) is 18.1. The maximum atomic E-state index is 11.1. The molecule has 0 aromatic carbocycles. The third kappa shape index (κ3) is 8.13. The van der Waals surface area contributed by atoms with E-state index in [-0.39, 0.29) is 12.0 Å². The van der Waals surface area contributed by atoms with Gasteiger partial charge in [0, 0.05) is 13.1 Å². The predicted octanol–water partition coefficient (Wildman–Crippen LogP) is 1.11. The molecule has 1 fully saturated rings. The Bertz CT molecular complexity index is 541. The van der Waals surface area contributed by atoms with Crippen molar-refractivity contribution in [3.63, 3.8) is 0 Å². The Morgan fingerprint density at radius 3 is 2.38 bits per heavy atom. The van der Waals surface area contributed by atoms with Crippen LogP contribution in [0.1, 0.15) is 37.5 Å². The molecule has 2 rings (SSSR count). The van der Waals surface area contributed by atoms with E-state index in [0.29, 0.717) is 13.0 Å². The standard InChI is InChI=1S/C15H24N2O3.C2H2O4/c1-19-15(18)7-8-16-12-13(14-6-5-11-20-14)17-9-3-2-4-10-17;3-1(4)2(5)6/h5-6,11,13,16H,2-4,7-10,12H2,1H3;(H,3,4)(H,5,6). The molecule has 2 heterocycles. The summed E-state index contributed by atoms with van der Waals surface area (Å²) in [5.74, 6) is -2.83. The highest BCUT2D eigenvalue weighted by molar-refractivity contribution is 6.27. The van der Waals surface area contributed by atoms with Crippen molar-refractivity contribution in [1.82, 2.24) is 10.2 Å². The first-order valence-corrected chi connectivity index (χ1v) is 8.47. The molecule has 0 spiro atoms. The van der Waals surface area contributed by atoms with Crippen LogP contribution in [-0.4, -0.2) is 66.3 Å². The van der Waals surface area contributed by atoms with Crippen LogP contribution in [0.5, 0.6) is 0 Å². The van der Waals surface area contributed by atoms with Crippen LogP contribution in [0.15, 0.2) is 22.8 Å². The van der Waals surface area contributed by atoms with E-state index in [1.54, 1.807) is 6.26 Å². The smallest absolute Gasteiger partial charge is 0.414 e. The number of ether oxygens (including phenoxy) is 1. The molecule has 1 atom stereocenters.